The number of halogens is 3. The Kier molecular flexibility index (Phi) is 5.65. The van der Waals surface area contributed by atoms with E-state index in [1.807, 2.05) is 25.2 Å². The van der Waals surface area contributed by atoms with Crippen LogP contribution in [-0.4, -0.2) is 30.5 Å². The minimum Gasteiger partial charge on any atom is -0.370 e. The van der Waals surface area contributed by atoms with Crippen molar-refractivity contribution in [2.24, 2.45) is 16.6 Å². The fourth-order valence-electron chi connectivity index (χ4n) is 2.60. The standard InChI is InChI=1S/C15H19Cl2N3.HI/c1-20(11-3-4-11)15(18)19-8-9-6-13(9)12-5-2-10(16)7-14(12)17;/h2,5,7,9,11,13H,3-4,6,8H2,1H3,(H2,18,19);1H. The third kappa shape index (κ3) is 4.17. The van der Waals surface area contributed by atoms with Crippen molar-refractivity contribution in [2.45, 2.75) is 31.2 Å². The maximum absolute atomic E-state index is 6.24. The molecule has 0 aromatic heterocycles. The maximum Gasteiger partial charge on any atom is 0.191 e. The molecule has 0 bridgehead atoms. The Morgan fingerprint density at radius 1 is 1.38 bits per heavy atom. The van der Waals surface area contributed by atoms with Gasteiger partial charge in [0.15, 0.2) is 5.96 Å². The van der Waals surface area contributed by atoms with Gasteiger partial charge < -0.3 is 10.6 Å². The molecule has 2 aliphatic carbocycles. The third-order valence-electron chi connectivity index (χ3n) is 4.23. The normalized spacial score (nSPS) is 24.4. The average molecular weight is 440 g/mol. The van der Waals surface area contributed by atoms with Crippen molar-refractivity contribution in [1.82, 2.24) is 4.90 Å². The van der Waals surface area contributed by atoms with Gasteiger partial charge in [0, 0.05) is 29.7 Å². The molecule has 0 spiro atoms. The van der Waals surface area contributed by atoms with Crippen LogP contribution >= 0.6 is 47.2 Å². The summed E-state index contributed by atoms with van der Waals surface area (Å²) in [5.74, 6) is 1.72. The van der Waals surface area contributed by atoms with Crippen molar-refractivity contribution in [3.05, 3.63) is 33.8 Å². The number of guanidine groups is 1. The molecule has 1 aromatic carbocycles. The first kappa shape index (κ1) is 17.2. The van der Waals surface area contributed by atoms with Gasteiger partial charge in [0.1, 0.15) is 0 Å². The molecule has 2 N–H and O–H groups in total. The average Bonchev–Trinajstić information content (AvgIpc) is 3.28. The molecule has 116 valence electrons. The summed E-state index contributed by atoms with van der Waals surface area (Å²) in [6.45, 7) is 0.784. The number of hydrogen-bond donors (Lipinski definition) is 1. The van der Waals surface area contributed by atoms with Gasteiger partial charge in [-0.15, -0.1) is 24.0 Å². The summed E-state index contributed by atoms with van der Waals surface area (Å²) < 4.78 is 0. The molecule has 2 aliphatic rings. The lowest BCUT2D eigenvalue weighted by atomic mass is 10.1. The minimum atomic E-state index is 0. The zero-order chi connectivity index (χ0) is 14.3. The number of nitrogens with two attached hydrogens (primary N) is 1. The van der Waals surface area contributed by atoms with Crippen LogP contribution in [0.1, 0.15) is 30.7 Å². The summed E-state index contributed by atoms with van der Waals surface area (Å²) in [5, 5.41) is 1.45. The molecule has 0 saturated heterocycles. The molecular weight excluding hydrogens is 420 g/mol. The minimum absolute atomic E-state index is 0. The predicted octanol–water partition coefficient (Wildman–Crippen LogP) is 4.12. The van der Waals surface area contributed by atoms with E-state index in [1.54, 1.807) is 0 Å². The van der Waals surface area contributed by atoms with Gasteiger partial charge in [-0.05, 0) is 48.8 Å². The van der Waals surface area contributed by atoms with Gasteiger partial charge in [0.25, 0.3) is 0 Å². The molecule has 2 unspecified atom stereocenters. The highest BCUT2D eigenvalue weighted by Gasteiger charge is 2.39. The van der Waals surface area contributed by atoms with Gasteiger partial charge in [-0.1, -0.05) is 29.3 Å². The van der Waals surface area contributed by atoms with E-state index in [0.29, 0.717) is 28.9 Å². The summed E-state index contributed by atoms with van der Waals surface area (Å²) >= 11 is 12.2. The van der Waals surface area contributed by atoms with Crippen molar-refractivity contribution >= 4 is 53.1 Å². The molecule has 0 amide bonds. The highest BCUT2D eigenvalue weighted by Crippen LogP contribution is 2.50. The summed E-state index contributed by atoms with van der Waals surface area (Å²) in [4.78, 5) is 6.61. The Balaban J connectivity index is 0.00000161. The second-order valence-electron chi connectivity index (χ2n) is 5.81. The molecule has 2 fully saturated rings. The molecule has 0 aliphatic heterocycles. The largest absolute Gasteiger partial charge is 0.370 e. The van der Waals surface area contributed by atoms with Crippen molar-refractivity contribution in [3.63, 3.8) is 0 Å². The zero-order valence-electron chi connectivity index (χ0n) is 11.9. The quantitative estimate of drug-likeness (QED) is 0.435. The third-order valence-corrected chi connectivity index (χ3v) is 4.79. The highest BCUT2D eigenvalue weighted by atomic mass is 127. The van der Waals surface area contributed by atoms with Gasteiger partial charge in [-0.25, -0.2) is 0 Å². The van der Waals surface area contributed by atoms with Gasteiger partial charge >= 0.3 is 0 Å². The van der Waals surface area contributed by atoms with Crippen LogP contribution in [-0.2, 0) is 0 Å². The topological polar surface area (TPSA) is 41.6 Å². The van der Waals surface area contributed by atoms with E-state index in [0.717, 1.165) is 18.0 Å². The van der Waals surface area contributed by atoms with E-state index >= 15 is 0 Å². The van der Waals surface area contributed by atoms with Gasteiger partial charge in [0.05, 0.1) is 0 Å². The molecule has 1 aromatic rings. The Bertz CT molecular complexity index is 546. The monoisotopic (exact) mass is 439 g/mol. The summed E-state index contributed by atoms with van der Waals surface area (Å²) in [6, 6.07) is 6.35. The second kappa shape index (κ2) is 6.92. The Morgan fingerprint density at radius 3 is 2.71 bits per heavy atom. The predicted molar refractivity (Wildman–Crippen MR) is 100.0 cm³/mol. The SMILES string of the molecule is CN(C(N)=NCC1CC1c1ccc(Cl)cc1Cl)C1CC1.I. The van der Waals surface area contributed by atoms with E-state index in [-0.39, 0.29) is 24.0 Å². The first-order chi connectivity index (χ1) is 9.56. The Labute approximate surface area is 152 Å². The highest BCUT2D eigenvalue weighted by molar-refractivity contribution is 14.0. The number of nitrogens with zero attached hydrogens (tertiary/aromatic N) is 2. The smallest absolute Gasteiger partial charge is 0.191 e. The van der Waals surface area contributed by atoms with Crippen LogP contribution in [0.2, 0.25) is 10.0 Å². The molecule has 3 nitrogen and oxygen atoms in total. The number of benzene rings is 1. The van der Waals surface area contributed by atoms with Crippen molar-refractivity contribution in [3.8, 4) is 0 Å². The van der Waals surface area contributed by atoms with E-state index in [2.05, 4.69) is 9.89 Å². The van der Waals surface area contributed by atoms with Crippen molar-refractivity contribution in [1.29, 1.82) is 0 Å². The molecule has 0 heterocycles. The van der Waals surface area contributed by atoms with E-state index in [4.69, 9.17) is 28.9 Å². The maximum atomic E-state index is 6.24. The number of aliphatic imine (C=N–C) groups is 1. The summed E-state index contributed by atoms with van der Waals surface area (Å²) in [5.41, 5.74) is 7.19. The lowest BCUT2D eigenvalue weighted by Crippen LogP contribution is -2.35. The fourth-order valence-corrected chi connectivity index (χ4v) is 3.15. The number of rotatable bonds is 4. The molecule has 2 saturated carbocycles. The molecular formula is C15H20Cl2IN3. The first-order valence-electron chi connectivity index (χ1n) is 7.04. The summed E-state index contributed by atoms with van der Waals surface area (Å²) in [7, 11) is 2.02. The van der Waals surface area contributed by atoms with E-state index in [1.165, 1.54) is 18.4 Å². The van der Waals surface area contributed by atoms with Crippen LogP contribution < -0.4 is 5.73 Å². The molecule has 2 atom stereocenters. The van der Waals surface area contributed by atoms with Crippen molar-refractivity contribution < 1.29 is 0 Å². The molecule has 0 radical (unpaired) electrons. The Hall–Kier alpha value is -0.200. The van der Waals surface area contributed by atoms with Crippen LogP contribution in [0.4, 0.5) is 0 Å². The van der Waals surface area contributed by atoms with Gasteiger partial charge in [-0.2, -0.15) is 0 Å². The van der Waals surface area contributed by atoms with Crippen LogP contribution in [0, 0.1) is 5.92 Å². The van der Waals surface area contributed by atoms with Crippen molar-refractivity contribution in [2.75, 3.05) is 13.6 Å². The lowest BCUT2D eigenvalue weighted by Gasteiger charge is -2.16. The van der Waals surface area contributed by atoms with E-state index < -0.39 is 0 Å². The van der Waals surface area contributed by atoms with Crippen LogP contribution in [0.25, 0.3) is 0 Å². The summed E-state index contributed by atoms with van der Waals surface area (Å²) in [6.07, 6.45) is 3.60. The second-order valence-corrected chi connectivity index (χ2v) is 6.65. The molecule has 3 rings (SSSR count). The first-order valence-corrected chi connectivity index (χ1v) is 7.79. The molecule has 6 heteroatoms. The van der Waals surface area contributed by atoms with E-state index in [9.17, 15) is 0 Å². The van der Waals surface area contributed by atoms with Gasteiger partial charge in [0.2, 0.25) is 0 Å². The van der Waals surface area contributed by atoms with Gasteiger partial charge in [-0.3, -0.25) is 4.99 Å². The zero-order valence-corrected chi connectivity index (χ0v) is 15.8. The fraction of sp³-hybridized carbons (Fsp3) is 0.533. The van der Waals surface area contributed by atoms with Crippen LogP contribution in [0.3, 0.4) is 0 Å². The Morgan fingerprint density at radius 2 is 2.10 bits per heavy atom. The van der Waals surface area contributed by atoms with Crippen LogP contribution in [0.15, 0.2) is 23.2 Å². The molecule has 21 heavy (non-hydrogen) atoms. The lowest BCUT2D eigenvalue weighted by molar-refractivity contribution is 0.486. The van der Waals surface area contributed by atoms with Crippen LogP contribution in [0.5, 0.6) is 0 Å². The number of hydrogen-bond acceptors (Lipinski definition) is 1.